The number of carbonyl (C=O) groups is 1. The fraction of sp³-hybridized carbons (Fsp3) is 0.400. The van der Waals surface area contributed by atoms with Crippen LogP contribution in [0, 0.1) is 6.92 Å². The summed E-state index contributed by atoms with van der Waals surface area (Å²) >= 11 is 0. The minimum atomic E-state index is -0.254. The second kappa shape index (κ2) is 9.62. The van der Waals surface area contributed by atoms with Crippen molar-refractivity contribution in [2.75, 3.05) is 40.4 Å². The van der Waals surface area contributed by atoms with Crippen LogP contribution >= 0.6 is 0 Å². The number of hydrogen-bond donors (Lipinski definition) is 0. The SMILES string of the molecule is CCn1cc(C(=O)N2CCN(Cc3cc(OC)ccc3OC)CC2)c(=O)c2ccc(C)nc21. The maximum absolute atomic E-state index is 13.3. The lowest BCUT2D eigenvalue weighted by Crippen LogP contribution is -2.49. The molecule has 3 heterocycles. The number of aryl methyl sites for hydroxylation is 2. The predicted octanol–water partition coefficient (Wildman–Crippen LogP) is 2.70. The Morgan fingerprint density at radius 2 is 1.82 bits per heavy atom. The average Bonchev–Trinajstić information content (AvgIpc) is 2.84. The molecule has 33 heavy (non-hydrogen) atoms. The van der Waals surface area contributed by atoms with Gasteiger partial charge in [0.15, 0.2) is 0 Å². The van der Waals surface area contributed by atoms with Crippen molar-refractivity contribution in [2.24, 2.45) is 0 Å². The van der Waals surface area contributed by atoms with Crippen molar-refractivity contribution in [3.8, 4) is 11.5 Å². The summed E-state index contributed by atoms with van der Waals surface area (Å²) in [6, 6.07) is 9.34. The van der Waals surface area contributed by atoms with Gasteiger partial charge in [-0.25, -0.2) is 4.98 Å². The number of methoxy groups -OCH3 is 2. The number of amides is 1. The zero-order valence-electron chi connectivity index (χ0n) is 19.6. The summed E-state index contributed by atoms with van der Waals surface area (Å²) in [5.41, 5.74) is 2.46. The quantitative estimate of drug-likeness (QED) is 0.575. The van der Waals surface area contributed by atoms with E-state index in [4.69, 9.17) is 9.47 Å². The number of nitrogens with zero attached hydrogens (tertiary/aromatic N) is 4. The molecule has 174 valence electrons. The van der Waals surface area contributed by atoms with Crippen LogP contribution < -0.4 is 14.9 Å². The van der Waals surface area contributed by atoms with Crippen LogP contribution in [0.25, 0.3) is 11.0 Å². The molecule has 1 saturated heterocycles. The standard InChI is InChI=1S/C25H30N4O4/c1-5-28-16-21(23(30)20-8-6-17(2)26-24(20)28)25(31)29-12-10-27(11-13-29)15-18-14-19(32-3)7-9-22(18)33-4/h6-9,14,16H,5,10-13,15H2,1-4H3. The van der Waals surface area contributed by atoms with Crippen molar-refractivity contribution >= 4 is 16.9 Å². The van der Waals surface area contributed by atoms with Crippen molar-refractivity contribution in [3.63, 3.8) is 0 Å². The minimum absolute atomic E-state index is 0.206. The maximum atomic E-state index is 13.3. The summed E-state index contributed by atoms with van der Waals surface area (Å²) in [5, 5.41) is 0.483. The van der Waals surface area contributed by atoms with Gasteiger partial charge in [-0.1, -0.05) is 0 Å². The van der Waals surface area contributed by atoms with E-state index in [-0.39, 0.29) is 16.9 Å². The molecule has 1 aliphatic rings. The Hall–Kier alpha value is -3.39. The maximum Gasteiger partial charge on any atom is 0.259 e. The molecule has 1 aromatic carbocycles. The van der Waals surface area contributed by atoms with Gasteiger partial charge in [-0.2, -0.15) is 0 Å². The van der Waals surface area contributed by atoms with Crippen LogP contribution in [-0.4, -0.2) is 65.7 Å². The summed E-state index contributed by atoms with van der Waals surface area (Å²) in [4.78, 5) is 34.9. The molecule has 0 radical (unpaired) electrons. The molecule has 2 aromatic heterocycles. The van der Waals surface area contributed by atoms with Crippen molar-refractivity contribution in [3.05, 3.63) is 63.6 Å². The number of fused-ring (bicyclic) bond motifs is 1. The van der Waals surface area contributed by atoms with Gasteiger partial charge in [0.25, 0.3) is 5.91 Å². The van der Waals surface area contributed by atoms with E-state index in [1.165, 1.54) is 0 Å². The first-order valence-electron chi connectivity index (χ1n) is 11.2. The summed E-state index contributed by atoms with van der Waals surface area (Å²) in [6.45, 7) is 7.74. The molecule has 1 aliphatic heterocycles. The molecule has 8 heteroatoms. The average molecular weight is 451 g/mol. The van der Waals surface area contributed by atoms with Crippen LogP contribution in [-0.2, 0) is 13.1 Å². The van der Waals surface area contributed by atoms with Crippen LogP contribution in [0.3, 0.4) is 0 Å². The van der Waals surface area contributed by atoms with E-state index in [0.717, 1.165) is 22.8 Å². The first kappa shape index (κ1) is 22.8. The number of hydrogen-bond acceptors (Lipinski definition) is 6. The number of piperazine rings is 1. The second-order valence-electron chi connectivity index (χ2n) is 8.23. The predicted molar refractivity (Wildman–Crippen MR) is 127 cm³/mol. The van der Waals surface area contributed by atoms with E-state index >= 15 is 0 Å². The summed E-state index contributed by atoms with van der Waals surface area (Å²) in [5.74, 6) is 1.38. The molecular formula is C25H30N4O4. The third kappa shape index (κ3) is 4.57. The van der Waals surface area contributed by atoms with E-state index in [0.29, 0.717) is 50.3 Å². The molecule has 1 amide bonds. The zero-order chi connectivity index (χ0) is 23.5. The van der Waals surface area contributed by atoms with Gasteiger partial charge in [-0.05, 0) is 44.2 Å². The van der Waals surface area contributed by atoms with E-state index in [1.54, 1.807) is 31.4 Å². The molecule has 0 N–H and O–H groups in total. The van der Waals surface area contributed by atoms with Crippen LogP contribution in [0.4, 0.5) is 0 Å². The fourth-order valence-electron chi connectivity index (χ4n) is 4.28. The number of rotatable bonds is 6. The van der Waals surface area contributed by atoms with Crippen LogP contribution in [0.15, 0.2) is 41.3 Å². The highest BCUT2D eigenvalue weighted by molar-refractivity contribution is 5.97. The summed E-state index contributed by atoms with van der Waals surface area (Å²) in [7, 11) is 3.30. The molecule has 0 bridgehead atoms. The molecule has 0 spiro atoms. The highest BCUT2D eigenvalue weighted by Crippen LogP contribution is 2.25. The first-order valence-corrected chi connectivity index (χ1v) is 11.2. The van der Waals surface area contributed by atoms with E-state index in [9.17, 15) is 9.59 Å². The third-order valence-corrected chi connectivity index (χ3v) is 6.17. The number of pyridine rings is 2. The van der Waals surface area contributed by atoms with Crippen molar-refractivity contribution in [2.45, 2.75) is 26.9 Å². The molecule has 8 nitrogen and oxygen atoms in total. The lowest BCUT2D eigenvalue weighted by molar-refractivity contribution is 0.0625. The smallest absolute Gasteiger partial charge is 0.259 e. The second-order valence-corrected chi connectivity index (χ2v) is 8.23. The van der Waals surface area contributed by atoms with Crippen molar-refractivity contribution in [1.82, 2.24) is 19.4 Å². The third-order valence-electron chi connectivity index (χ3n) is 6.17. The lowest BCUT2D eigenvalue weighted by Gasteiger charge is -2.35. The van der Waals surface area contributed by atoms with Crippen LogP contribution in [0.2, 0.25) is 0 Å². The van der Waals surface area contributed by atoms with Gasteiger partial charge in [0.05, 0.1) is 19.6 Å². The summed E-state index contributed by atoms with van der Waals surface area (Å²) in [6.07, 6.45) is 1.66. The van der Waals surface area contributed by atoms with E-state index in [2.05, 4.69) is 9.88 Å². The molecule has 1 fully saturated rings. The van der Waals surface area contributed by atoms with Crippen LogP contribution in [0.5, 0.6) is 11.5 Å². The van der Waals surface area contributed by atoms with E-state index < -0.39 is 0 Å². The van der Waals surface area contributed by atoms with Gasteiger partial charge in [0.2, 0.25) is 5.43 Å². The molecule has 4 rings (SSSR count). The Morgan fingerprint density at radius 1 is 1.06 bits per heavy atom. The van der Waals surface area contributed by atoms with Gasteiger partial charge in [0.1, 0.15) is 22.7 Å². The van der Waals surface area contributed by atoms with Gasteiger partial charge in [-0.3, -0.25) is 14.5 Å². The highest BCUT2D eigenvalue weighted by Gasteiger charge is 2.26. The summed E-state index contributed by atoms with van der Waals surface area (Å²) < 4.78 is 12.7. The fourth-order valence-corrected chi connectivity index (χ4v) is 4.28. The zero-order valence-corrected chi connectivity index (χ0v) is 19.6. The normalized spacial score (nSPS) is 14.5. The molecule has 0 aliphatic carbocycles. The Kier molecular flexibility index (Phi) is 6.65. The molecule has 3 aromatic rings. The van der Waals surface area contributed by atoms with Crippen molar-refractivity contribution < 1.29 is 14.3 Å². The Balaban J connectivity index is 1.50. The molecule has 0 saturated carbocycles. The highest BCUT2D eigenvalue weighted by atomic mass is 16.5. The number of benzene rings is 1. The van der Waals surface area contributed by atoms with Crippen molar-refractivity contribution in [1.29, 1.82) is 0 Å². The Labute approximate surface area is 193 Å². The molecular weight excluding hydrogens is 420 g/mol. The monoisotopic (exact) mass is 450 g/mol. The topological polar surface area (TPSA) is 76.9 Å². The Morgan fingerprint density at radius 3 is 2.48 bits per heavy atom. The number of aromatic nitrogens is 2. The van der Waals surface area contributed by atoms with Crippen LogP contribution in [0.1, 0.15) is 28.5 Å². The Bertz CT molecular complexity index is 1230. The van der Waals surface area contributed by atoms with Gasteiger partial charge >= 0.3 is 0 Å². The van der Waals surface area contributed by atoms with Gasteiger partial charge in [0, 0.05) is 56.7 Å². The number of carbonyl (C=O) groups excluding carboxylic acids is 1. The molecule has 0 unspecified atom stereocenters. The minimum Gasteiger partial charge on any atom is -0.497 e. The molecule has 0 atom stereocenters. The number of ether oxygens (including phenoxy) is 2. The first-order chi connectivity index (χ1) is 15.9. The van der Waals surface area contributed by atoms with Gasteiger partial charge < -0.3 is 18.9 Å². The van der Waals surface area contributed by atoms with Gasteiger partial charge in [-0.15, -0.1) is 0 Å². The largest absolute Gasteiger partial charge is 0.497 e. The van der Waals surface area contributed by atoms with E-state index in [1.807, 2.05) is 42.7 Å². The lowest BCUT2D eigenvalue weighted by atomic mass is 10.1.